The van der Waals surface area contributed by atoms with Crippen LogP contribution in [0.4, 0.5) is 0 Å². The van der Waals surface area contributed by atoms with E-state index in [4.69, 9.17) is 4.74 Å². The number of amides is 1. The van der Waals surface area contributed by atoms with Crippen LogP contribution in [0.1, 0.15) is 38.5 Å². The van der Waals surface area contributed by atoms with Crippen LogP contribution in [0, 0.1) is 0 Å². The fourth-order valence-electron chi connectivity index (χ4n) is 2.89. The molecule has 0 spiro atoms. The van der Waals surface area contributed by atoms with Crippen LogP contribution < -0.4 is 10.2 Å². The molecule has 3 rings (SSSR count). The molecule has 2 aromatic rings. The molecule has 0 saturated heterocycles. The van der Waals surface area contributed by atoms with Gasteiger partial charge in [-0.3, -0.25) is 4.79 Å². The number of nitrogens with one attached hydrogen (secondary N) is 1. The highest BCUT2D eigenvalue weighted by atomic mass is 16.5. The normalized spacial score (nSPS) is 15.0. The summed E-state index contributed by atoms with van der Waals surface area (Å²) in [6.07, 6.45) is 6.84. The highest BCUT2D eigenvalue weighted by Gasteiger charge is 2.08. The van der Waals surface area contributed by atoms with Crippen molar-refractivity contribution < 1.29 is 9.53 Å². The minimum atomic E-state index is -0.213. The number of rotatable bonds is 4. The molecule has 1 N–H and O–H groups in total. The highest BCUT2D eigenvalue weighted by molar-refractivity contribution is 5.89. The molecule has 1 fully saturated rings. The molecule has 120 valence electrons. The first-order chi connectivity index (χ1) is 11.3. The summed E-state index contributed by atoms with van der Waals surface area (Å²) < 4.78 is 5.66. The Labute approximate surface area is 136 Å². The quantitative estimate of drug-likeness (QED) is 0.684. The third-order valence-electron chi connectivity index (χ3n) is 4.13. The minimum Gasteiger partial charge on any atom is -0.483 e. The Hall–Kier alpha value is -2.36. The molecule has 1 aliphatic rings. The first kappa shape index (κ1) is 15.5. The van der Waals surface area contributed by atoms with Crippen LogP contribution in [0.2, 0.25) is 0 Å². The SMILES string of the molecule is O=C(COc1cccc2ccccc12)NN=C1CCCCCC1. The topological polar surface area (TPSA) is 50.7 Å². The average Bonchev–Trinajstić information content (AvgIpc) is 2.87. The lowest BCUT2D eigenvalue weighted by Crippen LogP contribution is -2.25. The van der Waals surface area contributed by atoms with E-state index in [1.807, 2.05) is 42.5 Å². The van der Waals surface area contributed by atoms with Crippen molar-refractivity contribution in [1.29, 1.82) is 0 Å². The zero-order valence-corrected chi connectivity index (χ0v) is 13.3. The smallest absolute Gasteiger partial charge is 0.277 e. The van der Waals surface area contributed by atoms with E-state index < -0.39 is 0 Å². The van der Waals surface area contributed by atoms with Gasteiger partial charge in [-0.15, -0.1) is 0 Å². The van der Waals surface area contributed by atoms with Gasteiger partial charge in [-0.05, 0) is 37.1 Å². The molecule has 0 unspecified atom stereocenters. The fraction of sp³-hybridized carbons (Fsp3) is 0.368. The van der Waals surface area contributed by atoms with E-state index in [0.29, 0.717) is 0 Å². The number of nitrogens with zero attached hydrogens (tertiary/aromatic N) is 1. The maximum Gasteiger partial charge on any atom is 0.277 e. The van der Waals surface area contributed by atoms with E-state index in [9.17, 15) is 4.79 Å². The predicted molar refractivity (Wildman–Crippen MR) is 92.7 cm³/mol. The van der Waals surface area contributed by atoms with Crippen molar-refractivity contribution in [3.8, 4) is 5.75 Å². The number of fused-ring (bicyclic) bond motifs is 1. The number of hydrogen-bond acceptors (Lipinski definition) is 3. The molecule has 23 heavy (non-hydrogen) atoms. The van der Waals surface area contributed by atoms with Gasteiger partial charge in [-0.1, -0.05) is 49.2 Å². The summed E-state index contributed by atoms with van der Waals surface area (Å²) in [6, 6.07) is 13.8. The number of carbonyl (C=O) groups is 1. The van der Waals surface area contributed by atoms with Crippen molar-refractivity contribution in [2.75, 3.05) is 6.61 Å². The largest absolute Gasteiger partial charge is 0.483 e. The van der Waals surface area contributed by atoms with Crippen molar-refractivity contribution in [3.63, 3.8) is 0 Å². The maximum atomic E-state index is 11.9. The van der Waals surface area contributed by atoms with E-state index in [0.717, 1.165) is 35.1 Å². The second-order valence-electron chi connectivity index (χ2n) is 5.89. The molecule has 0 heterocycles. The van der Waals surface area contributed by atoms with Crippen molar-refractivity contribution in [3.05, 3.63) is 42.5 Å². The van der Waals surface area contributed by atoms with Gasteiger partial charge < -0.3 is 4.74 Å². The summed E-state index contributed by atoms with van der Waals surface area (Å²) in [5.74, 6) is 0.509. The van der Waals surface area contributed by atoms with Gasteiger partial charge in [0, 0.05) is 11.1 Å². The Morgan fingerprint density at radius 1 is 1.00 bits per heavy atom. The predicted octanol–water partition coefficient (Wildman–Crippen LogP) is 4.05. The molecule has 0 aliphatic heterocycles. The standard InChI is InChI=1S/C19H22N2O2/c22-19(21-20-16-10-3-1-2-4-11-16)14-23-18-13-7-9-15-8-5-6-12-17(15)18/h5-9,12-13H,1-4,10-11,14H2,(H,21,22). The van der Waals surface area contributed by atoms with E-state index in [2.05, 4.69) is 10.5 Å². The van der Waals surface area contributed by atoms with E-state index in [-0.39, 0.29) is 12.5 Å². The molecule has 1 aliphatic carbocycles. The monoisotopic (exact) mass is 310 g/mol. The van der Waals surface area contributed by atoms with Crippen LogP contribution in [0.25, 0.3) is 10.8 Å². The first-order valence-corrected chi connectivity index (χ1v) is 8.28. The summed E-state index contributed by atoms with van der Waals surface area (Å²) in [7, 11) is 0. The van der Waals surface area contributed by atoms with Crippen LogP contribution in [-0.2, 0) is 4.79 Å². The third kappa shape index (κ3) is 4.31. The number of hydrazone groups is 1. The molecule has 1 saturated carbocycles. The molecule has 0 atom stereocenters. The van der Waals surface area contributed by atoms with E-state index in [1.54, 1.807) is 0 Å². The molecular formula is C19H22N2O2. The van der Waals surface area contributed by atoms with Crippen LogP contribution in [0.5, 0.6) is 5.75 Å². The van der Waals surface area contributed by atoms with Gasteiger partial charge in [0.2, 0.25) is 0 Å². The van der Waals surface area contributed by atoms with Crippen LogP contribution in [-0.4, -0.2) is 18.2 Å². The first-order valence-electron chi connectivity index (χ1n) is 8.28. The van der Waals surface area contributed by atoms with Gasteiger partial charge in [-0.2, -0.15) is 5.10 Å². The van der Waals surface area contributed by atoms with Gasteiger partial charge >= 0.3 is 0 Å². The van der Waals surface area contributed by atoms with E-state index >= 15 is 0 Å². The van der Waals surface area contributed by atoms with Gasteiger partial charge in [0.1, 0.15) is 5.75 Å². The molecular weight excluding hydrogens is 288 g/mol. The zero-order valence-electron chi connectivity index (χ0n) is 13.3. The Kier molecular flexibility index (Phi) is 5.25. The summed E-state index contributed by atoms with van der Waals surface area (Å²) >= 11 is 0. The summed E-state index contributed by atoms with van der Waals surface area (Å²) in [6.45, 7) is -0.0230. The van der Waals surface area contributed by atoms with Crippen molar-refractivity contribution in [2.45, 2.75) is 38.5 Å². The number of ether oxygens (including phenoxy) is 1. The Bertz CT molecular complexity index is 694. The Morgan fingerprint density at radius 2 is 1.74 bits per heavy atom. The maximum absolute atomic E-state index is 11.9. The number of carbonyl (C=O) groups excluding carboxylic acids is 1. The van der Waals surface area contributed by atoms with E-state index in [1.165, 1.54) is 25.7 Å². The molecule has 4 nitrogen and oxygen atoms in total. The number of hydrogen-bond donors (Lipinski definition) is 1. The van der Waals surface area contributed by atoms with Crippen LogP contribution >= 0.6 is 0 Å². The molecule has 0 radical (unpaired) electrons. The van der Waals surface area contributed by atoms with Gasteiger partial charge in [0.15, 0.2) is 6.61 Å². The van der Waals surface area contributed by atoms with Crippen molar-refractivity contribution in [2.24, 2.45) is 5.10 Å². The average molecular weight is 310 g/mol. The van der Waals surface area contributed by atoms with Crippen molar-refractivity contribution in [1.82, 2.24) is 5.43 Å². The zero-order chi connectivity index (χ0) is 15.9. The highest BCUT2D eigenvalue weighted by Crippen LogP contribution is 2.24. The fourth-order valence-corrected chi connectivity index (χ4v) is 2.89. The summed E-state index contributed by atoms with van der Waals surface area (Å²) in [5, 5.41) is 6.37. The second-order valence-corrected chi connectivity index (χ2v) is 5.89. The molecule has 4 heteroatoms. The van der Waals surface area contributed by atoms with Crippen LogP contribution in [0.3, 0.4) is 0 Å². The Morgan fingerprint density at radius 3 is 2.57 bits per heavy atom. The lowest BCUT2D eigenvalue weighted by molar-refractivity contribution is -0.123. The minimum absolute atomic E-state index is 0.0230. The lowest BCUT2D eigenvalue weighted by Gasteiger charge is -2.09. The van der Waals surface area contributed by atoms with Crippen LogP contribution in [0.15, 0.2) is 47.6 Å². The molecule has 1 amide bonds. The lowest BCUT2D eigenvalue weighted by atomic mass is 10.1. The summed E-state index contributed by atoms with van der Waals surface area (Å²) in [5.41, 5.74) is 3.72. The third-order valence-corrected chi connectivity index (χ3v) is 4.13. The Balaban J connectivity index is 1.57. The number of benzene rings is 2. The second kappa shape index (κ2) is 7.77. The molecule has 0 aromatic heterocycles. The van der Waals surface area contributed by atoms with Crippen molar-refractivity contribution >= 4 is 22.4 Å². The van der Waals surface area contributed by atoms with Gasteiger partial charge in [-0.25, -0.2) is 5.43 Å². The molecule has 0 bridgehead atoms. The molecule has 2 aromatic carbocycles. The summed E-state index contributed by atoms with van der Waals surface area (Å²) in [4.78, 5) is 11.9. The van der Waals surface area contributed by atoms with Gasteiger partial charge in [0.25, 0.3) is 5.91 Å². The van der Waals surface area contributed by atoms with Gasteiger partial charge in [0.05, 0.1) is 0 Å².